The van der Waals surface area contributed by atoms with E-state index in [1.54, 1.807) is 7.11 Å². The molecule has 34 heavy (non-hydrogen) atoms. The lowest BCUT2D eigenvalue weighted by Crippen LogP contribution is -2.60. The average molecular weight is 474 g/mol. The summed E-state index contributed by atoms with van der Waals surface area (Å²) in [7, 11) is 1.63. The summed E-state index contributed by atoms with van der Waals surface area (Å²) in [5.74, 6) is 0.805. The Kier molecular flexibility index (Phi) is 7.99. The number of hydrogen-bond donors (Lipinski definition) is 1. The Labute approximate surface area is 205 Å². The first-order chi connectivity index (χ1) is 16.7. The largest absolute Gasteiger partial charge is 0.497 e. The van der Waals surface area contributed by atoms with Crippen LogP contribution >= 0.6 is 11.6 Å². The van der Waals surface area contributed by atoms with Crippen molar-refractivity contribution in [3.63, 3.8) is 0 Å². The molecule has 2 atom stereocenters. The molecule has 3 aromatic carbocycles. The van der Waals surface area contributed by atoms with Gasteiger partial charge in [0.1, 0.15) is 10.9 Å². The van der Waals surface area contributed by atoms with Crippen LogP contribution in [0.1, 0.15) is 24.8 Å². The summed E-state index contributed by atoms with van der Waals surface area (Å²) in [6.45, 7) is 0. The van der Waals surface area contributed by atoms with E-state index in [-0.39, 0.29) is 17.9 Å². The lowest BCUT2D eigenvalue weighted by Gasteiger charge is -2.46. The minimum atomic E-state index is -0.0892. The third-order valence-electron chi connectivity index (χ3n) is 5.88. The van der Waals surface area contributed by atoms with Gasteiger partial charge in [0.2, 0.25) is 5.91 Å². The van der Waals surface area contributed by atoms with Crippen LogP contribution in [0.25, 0.3) is 6.08 Å². The molecule has 3 aromatic rings. The number of nitrogens with one attached hydrogen (secondary N) is 1. The van der Waals surface area contributed by atoms with E-state index < -0.39 is 0 Å². The first kappa shape index (κ1) is 23.6. The maximum atomic E-state index is 13.1. The van der Waals surface area contributed by atoms with Crippen molar-refractivity contribution in [2.45, 2.75) is 25.3 Å². The molecular weight excluding hydrogens is 446 g/mol. The number of methoxy groups -OCH3 is 1. The zero-order valence-electron chi connectivity index (χ0n) is 19.1. The van der Waals surface area contributed by atoms with Gasteiger partial charge in [-0.1, -0.05) is 72.3 Å². The smallest absolute Gasteiger partial charge is 0.233 e. The molecule has 0 aliphatic carbocycles. The monoisotopic (exact) mass is 473 g/mol. The predicted octanol–water partition coefficient (Wildman–Crippen LogP) is 6.57. The van der Waals surface area contributed by atoms with E-state index in [1.807, 2.05) is 77.7 Å². The second-order valence-corrected chi connectivity index (χ2v) is 8.57. The molecule has 174 valence electrons. The van der Waals surface area contributed by atoms with Gasteiger partial charge in [-0.05, 0) is 54.8 Å². The zero-order chi connectivity index (χ0) is 23.8. The van der Waals surface area contributed by atoms with Crippen LogP contribution in [0.4, 0.5) is 11.4 Å². The van der Waals surface area contributed by atoms with E-state index in [2.05, 4.69) is 34.8 Å². The molecule has 1 unspecified atom stereocenters. The molecule has 1 heterocycles. The van der Waals surface area contributed by atoms with Gasteiger partial charge >= 0.3 is 0 Å². The standard InChI is InChI=1S/C28H28ClN3O2/c1-34-24-18-16-23(17-19-24)32-26(20-15-21-9-4-2-5-10-21)25(28(32)33)13-8-14-27(29)31-30-22-11-6-3-7-12-22/h2-7,9-12,15-20,25-26,30H,8,13-14H2,1H3/b20-15+,31-27-/t25-,26?/m0/s1. The van der Waals surface area contributed by atoms with E-state index in [0.29, 0.717) is 11.6 Å². The summed E-state index contributed by atoms with van der Waals surface area (Å²) < 4.78 is 5.26. The molecule has 0 spiro atoms. The van der Waals surface area contributed by atoms with Gasteiger partial charge in [0, 0.05) is 12.1 Å². The number of hydrazone groups is 1. The van der Waals surface area contributed by atoms with Gasteiger partial charge < -0.3 is 9.64 Å². The number of halogens is 1. The predicted molar refractivity (Wildman–Crippen MR) is 140 cm³/mol. The number of carbonyl (C=O) groups is 1. The molecule has 5 nitrogen and oxygen atoms in total. The van der Waals surface area contributed by atoms with Crippen LogP contribution in [-0.2, 0) is 4.79 Å². The highest BCUT2D eigenvalue weighted by atomic mass is 35.5. The van der Waals surface area contributed by atoms with E-state index >= 15 is 0 Å². The fourth-order valence-electron chi connectivity index (χ4n) is 4.06. The van der Waals surface area contributed by atoms with E-state index in [4.69, 9.17) is 16.3 Å². The van der Waals surface area contributed by atoms with Crippen LogP contribution in [0.5, 0.6) is 5.75 Å². The van der Waals surface area contributed by atoms with Gasteiger partial charge in [-0.2, -0.15) is 5.10 Å². The molecule has 1 aliphatic rings. The second-order valence-electron chi connectivity index (χ2n) is 8.13. The molecule has 6 heteroatoms. The van der Waals surface area contributed by atoms with Crippen LogP contribution in [0.3, 0.4) is 0 Å². The van der Waals surface area contributed by atoms with Crippen molar-refractivity contribution in [1.29, 1.82) is 0 Å². The molecule has 0 radical (unpaired) electrons. The topological polar surface area (TPSA) is 53.9 Å². The Balaban J connectivity index is 1.41. The van der Waals surface area contributed by atoms with E-state index in [0.717, 1.165) is 35.5 Å². The van der Waals surface area contributed by atoms with Crippen LogP contribution in [0.15, 0.2) is 96.1 Å². The number of amides is 1. The van der Waals surface area contributed by atoms with Crippen LogP contribution in [0, 0.1) is 5.92 Å². The summed E-state index contributed by atoms with van der Waals surface area (Å²) in [5, 5.41) is 4.74. The second kappa shape index (κ2) is 11.5. The van der Waals surface area contributed by atoms with Crippen LogP contribution < -0.4 is 15.1 Å². The number of benzene rings is 3. The van der Waals surface area contributed by atoms with Gasteiger partial charge in [0.15, 0.2) is 0 Å². The SMILES string of the molecule is COc1ccc(N2C(=O)[C@@H](CCC/C(Cl)=N/Nc3ccccc3)C2/C=C/c2ccccc2)cc1. The van der Waals surface area contributed by atoms with Gasteiger partial charge in [-0.3, -0.25) is 10.2 Å². The summed E-state index contributed by atoms with van der Waals surface area (Å²) in [4.78, 5) is 15.0. The average Bonchev–Trinajstić information content (AvgIpc) is 2.89. The summed E-state index contributed by atoms with van der Waals surface area (Å²) in [5.41, 5.74) is 5.83. The summed E-state index contributed by atoms with van der Waals surface area (Å²) in [6.07, 6.45) is 6.34. The normalized spacial score (nSPS) is 18.1. The lowest BCUT2D eigenvalue weighted by atomic mass is 9.82. The molecule has 1 amide bonds. The molecule has 1 aliphatic heterocycles. The minimum Gasteiger partial charge on any atom is -0.497 e. The lowest BCUT2D eigenvalue weighted by molar-refractivity contribution is -0.129. The van der Waals surface area contributed by atoms with Crippen molar-refractivity contribution in [2.24, 2.45) is 11.0 Å². The Bertz CT molecular complexity index is 1130. The molecule has 1 saturated heterocycles. The highest BCUT2D eigenvalue weighted by molar-refractivity contribution is 6.65. The van der Waals surface area contributed by atoms with Crippen LogP contribution in [-0.4, -0.2) is 24.2 Å². The Morgan fingerprint density at radius 3 is 2.38 bits per heavy atom. The van der Waals surface area contributed by atoms with E-state index in [9.17, 15) is 4.79 Å². The van der Waals surface area contributed by atoms with Gasteiger partial charge in [-0.25, -0.2) is 0 Å². The Hall–Kier alpha value is -3.57. The minimum absolute atomic E-state index is 0.0146. The third kappa shape index (κ3) is 5.86. The third-order valence-corrected chi connectivity index (χ3v) is 6.15. The van der Waals surface area contributed by atoms with E-state index in [1.165, 1.54) is 0 Å². The molecule has 1 N–H and O–H groups in total. The van der Waals surface area contributed by atoms with Crippen molar-refractivity contribution in [3.8, 4) is 5.75 Å². The fraction of sp³-hybridized carbons (Fsp3) is 0.214. The summed E-state index contributed by atoms with van der Waals surface area (Å²) in [6, 6.07) is 27.4. The van der Waals surface area contributed by atoms with Gasteiger partial charge in [0.05, 0.1) is 24.8 Å². The van der Waals surface area contributed by atoms with Crippen molar-refractivity contribution in [3.05, 3.63) is 96.6 Å². The molecule has 4 rings (SSSR count). The number of anilines is 2. The Morgan fingerprint density at radius 2 is 1.71 bits per heavy atom. The Morgan fingerprint density at radius 1 is 1.03 bits per heavy atom. The van der Waals surface area contributed by atoms with Crippen molar-refractivity contribution in [2.75, 3.05) is 17.4 Å². The van der Waals surface area contributed by atoms with Crippen molar-refractivity contribution >= 4 is 40.1 Å². The fourth-order valence-corrected chi connectivity index (χ4v) is 4.24. The molecule has 0 bridgehead atoms. The molecule has 0 saturated carbocycles. The molecule has 0 aromatic heterocycles. The number of para-hydroxylation sites is 1. The maximum Gasteiger partial charge on any atom is 0.233 e. The highest BCUT2D eigenvalue weighted by Crippen LogP contribution is 2.37. The number of β-lactam (4-membered cyclic amide) rings is 1. The first-order valence-electron chi connectivity index (χ1n) is 11.4. The number of carbonyl (C=O) groups excluding carboxylic acids is 1. The van der Waals surface area contributed by atoms with Crippen molar-refractivity contribution < 1.29 is 9.53 Å². The maximum absolute atomic E-state index is 13.1. The molecule has 1 fully saturated rings. The van der Waals surface area contributed by atoms with Crippen LogP contribution in [0.2, 0.25) is 0 Å². The first-order valence-corrected chi connectivity index (χ1v) is 11.8. The van der Waals surface area contributed by atoms with Gasteiger partial charge in [-0.15, -0.1) is 0 Å². The molecular formula is C28H28ClN3O2. The highest BCUT2D eigenvalue weighted by Gasteiger charge is 2.45. The number of ether oxygens (including phenoxy) is 1. The quantitative estimate of drug-likeness (QED) is 0.206. The number of nitrogens with zero attached hydrogens (tertiary/aromatic N) is 2. The zero-order valence-corrected chi connectivity index (χ0v) is 19.9. The van der Waals surface area contributed by atoms with Crippen molar-refractivity contribution in [1.82, 2.24) is 0 Å². The number of hydrogen-bond acceptors (Lipinski definition) is 4. The van der Waals surface area contributed by atoms with Gasteiger partial charge in [0.25, 0.3) is 0 Å². The number of rotatable bonds is 10. The summed E-state index contributed by atoms with van der Waals surface area (Å²) >= 11 is 6.31.